The zero-order valence-corrected chi connectivity index (χ0v) is 12.1. The normalized spacial score (nSPS) is 10.8. The summed E-state index contributed by atoms with van der Waals surface area (Å²) in [5, 5.41) is 1.15. The number of nitrogens with zero attached hydrogens (tertiary/aromatic N) is 1. The predicted octanol–water partition coefficient (Wildman–Crippen LogP) is 4.00. The summed E-state index contributed by atoms with van der Waals surface area (Å²) in [6.07, 6.45) is 1.53. The minimum Gasteiger partial charge on any atom is -0.495 e. The molecule has 0 spiro atoms. The molecule has 1 aromatic heterocycles. The molecule has 0 aliphatic carbocycles. The minimum atomic E-state index is 0.428. The van der Waals surface area contributed by atoms with Crippen LogP contribution in [0.5, 0.6) is 5.75 Å². The van der Waals surface area contributed by atoms with Gasteiger partial charge in [-0.3, -0.25) is 4.98 Å². The van der Waals surface area contributed by atoms with E-state index in [2.05, 4.69) is 36.8 Å². The van der Waals surface area contributed by atoms with Gasteiger partial charge in [-0.2, -0.15) is 0 Å². The molecule has 0 unspecified atom stereocenters. The molecule has 0 radical (unpaired) electrons. The van der Waals surface area contributed by atoms with Crippen molar-refractivity contribution in [2.45, 2.75) is 0 Å². The highest BCUT2D eigenvalue weighted by molar-refractivity contribution is 9.11. The Bertz CT molecular complexity index is 574. The van der Waals surface area contributed by atoms with Gasteiger partial charge in [0.2, 0.25) is 0 Å². The van der Waals surface area contributed by atoms with E-state index < -0.39 is 0 Å². The molecule has 0 saturated heterocycles. The number of halogens is 3. The van der Waals surface area contributed by atoms with Crippen LogP contribution in [0.1, 0.15) is 0 Å². The molecule has 0 amide bonds. The monoisotopic (exact) mass is 364 g/mol. The van der Waals surface area contributed by atoms with Crippen LogP contribution in [-0.4, -0.2) is 12.1 Å². The molecule has 0 fully saturated rings. The van der Waals surface area contributed by atoms with Gasteiger partial charge in [0.1, 0.15) is 5.75 Å². The zero-order chi connectivity index (χ0) is 11.9. The van der Waals surface area contributed by atoms with Gasteiger partial charge in [-0.25, -0.2) is 0 Å². The number of rotatable bonds is 1. The van der Waals surface area contributed by atoms with Crippen molar-refractivity contribution in [3.63, 3.8) is 0 Å². The number of hydrogen-bond donors (Lipinski definition) is 1. The van der Waals surface area contributed by atoms with E-state index >= 15 is 0 Å². The predicted molar refractivity (Wildman–Crippen MR) is 73.1 cm³/mol. The SMILES string of the molecule is COc1c(Br)cc(Br)c2ncc(N)c(Cl)c12. The molecule has 6 heteroatoms. The molecule has 2 N–H and O–H groups in total. The van der Waals surface area contributed by atoms with Crippen LogP contribution >= 0.6 is 43.5 Å². The Morgan fingerprint density at radius 1 is 1.38 bits per heavy atom. The molecule has 16 heavy (non-hydrogen) atoms. The number of nitrogens with two attached hydrogens (primary N) is 1. The molecule has 0 saturated carbocycles. The summed E-state index contributed by atoms with van der Waals surface area (Å²) in [4.78, 5) is 4.23. The fourth-order valence-electron chi connectivity index (χ4n) is 1.46. The summed E-state index contributed by atoms with van der Waals surface area (Å²) < 4.78 is 6.93. The third-order valence-electron chi connectivity index (χ3n) is 2.17. The Labute approximate surface area is 114 Å². The summed E-state index contributed by atoms with van der Waals surface area (Å²) in [6, 6.07) is 1.86. The Hall–Kier alpha value is -0.520. The van der Waals surface area contributed by atoms with Gasteiger partial charge in [0.15, 0.2) is 0 Å². The van der Waals surface area contributed by atoms with Crippen molar-refractivity contribution < 1.29 is 4.74 Å². The van der Waals surface area contributed by atoms with Crippen molar-refractivity contribution in [3.05, 3.63) is 26.2 Å². The number of hydrogen-bond acceptors (Lipinski definition) is 3. The maximum Gasteiger partial charge on any atom is 0.144 e. The first-order valence-corrected chi connectivity index (χ1v) is 6.28. The van der Waals surface area contributed by atoms with Gasteiger partial charge < -0.3 is 10.5 Å². The summed E-state index contributed by atoms with van der Waals surface area (Å²) in [7, 11) is 1.58. The van der Waals surface area contributed by atoms with Crippen LogP contribution < -0.4 is 10.5 Å². The van der Waals surface area contributed by atoms with E-state index in [4.69, 9.17) is 22.1 Å². The van der Waals surface area contributed by atoms with Crippen LogP contribution in [0.4, 0.5) is 5.69 Å². The average molecular weight is 366 g/mol. The van der Waals surface area contributed by atoms with E-state index in [1.165, 1.54) is 6.20 Å². The average Bonchev–Trinajstić information content (AvgIpc) is 2.24. The lowest BCUT2D eigenvalue weighted by Gasteiger charge is -2.11. The summed E-state index contributed by atoms with van der Waals surface area (Å²) >= 11 is 13.0. The third-order valence-corrected chi connectivity index (χ3v) is 3.77. The van der Waals surface area contributed by atoms with Gasteiger partial charge in [-0.1, -0.05) is 11.6 Å². The molecule has 0 aliphatic heterocycles. The molecule has 2 rings (SSSR count). The van der Waals surface area contributed by atoms with E-state index in [1.54, 1.807) is 7.11 Å². The van der Waals surface area contributed by atoms with Crippen LogP contribution in [0.3, 0.4) is 0 Å². The first-order valence-electron chi connectivity index (χ1n) is 4.32. The van der Waals surface area contributed by atoms with Gasteiger partial charge in [0.05, 0.1) is 39.4 Å². The summed E-state index contributed by atoms with van der Waals surface area (Å²) in [6.45, 7) is 0. The molecule has 0 atom stereocenters. The molecule has 1 aromatic carbocycles. The van der Waals surface area contributed by atoms with Crippen LogP contribution in [0.2, 0.25) is 5.02 Å². The summed E-state index contributed by atoms with van der Waals surface area (Å²) in [5.41, 5.74) is 6.88. The number of aromatic nitrogens is 1. The topological polar surface area (TPSA) is 48.1 Å². The first-order chi connectivity index (χ1) is 7.56. The van der Waals surface area contributed by atoms with Gasteiger partial charge >= 0.3 is 0 Å². The van der Waals surface area contributed by atoms with E-state index in [1.807, 2.05) is 6.07 Å². The van der Waals surface area contributed by atoms with Gasteiger partial charge in [0, 0.05) is 4.47 Å². The quantitative estimate of drug-likeness (QED) is 0.830. The largest absolute Gasteiger partial charge is 0.495 e. The second-order valence-electron chi connectivity index (χ2n) is 3.12. The van der Waals surface area contributed by atoms with Crippen LogP contribution in [0, 0.1) is 0 Å². The van der Waals surface area contributed by atoms with Crippen molar-refractivity contribution >= 4 is 60.1 Å². The van der Waals surface area contributed by atoms with Crippen molar-refractivity contribution in [2.24, 2.45) is 0 Å². The van der Waals surface area contributed by atoms with Gasteiger partial charge in [0.25, 0.3) is 0 Å². The molecule has 1 heterocycles. The van der Waals surface area contributed by atoms with Crippen LogP contribution in [0.25, 0.3) is 10.9 Å². The molecule has 0 aliphatic rings. The van der Waals surface area contributed by atoms with Gasteiger partial charge in [-0.05, 0) is 37.9 Å². The summed E-state index contributed by atoms with van der Waals surface area (Å²) in [5.74, 6) is 0.628. The number of benzene rings is 1. The molecular weight excluding hydrogens is 359 g/mol. The fourth-order valence-corrected chi connectivity index (χ4v) is 3.11. The third kappa shape index (κ3) is 1.77. The van der Waals surface area contributed by atoms with Crippen molar-refractivity contribution in [2.75, 3.05) is 12.8 Å². The van der Waals surface area contributed by atoms with Crippen molar-refractivity contribution in [1.29, 1.82) is 0 Å². The second kappa shape index (κ2) is 4.39. The second-order valence-corrected chi connectivity index (χ2v) is 5.21. The fraction of sp³-hybridized carbons (Fsp3) is 0.100. The van der Waals surface area contributed by atoms with Crippen molar-refractivity contribution in [3.8, 4) is 5.75 Å². The lowest BCUT2D eigenvalue weighted by Crippen LogP contribution is -1.94. The van der Waals surface area contributed by atoms with Crippen LogP contribution in [-0.2, 0) is 0 Å². The number of pyridine rings is 1. The van der Waals surface area contributed by atoms with E-state index in [9.17, 15) is 0 Å². The van der Waals surface area contributed by atoms with Gasteiger partial charge in [-0.15, -0.1) is 0 Å². The number of fused-ring (bicyclic) bond motifs is 1. The van der Waals surface area contributed by atoms with E-state index in [0.717, 1.165) is 14.5 Å². The standard InChI is InChI=1S/C10H7Br2ClN2O/c1-16-10-5(12)2-4(11)9-7(10)8(13)6(14)3-15-9/h2-3H,14H2,1H3. The molecule has 84 valence electrons. The Morgan fingerprint density at radius 2 is 2.06 bits per heavy atom. The van der Waals surface area contributed by atoms with E-state index in [-0.39, 0.29) is 0 Å². The minimum absolute atomic E-state index is 0.428. The van der Waals surface area contributed by atoms with Crippen LogP contribution in [0.15, 0.2) is 21.2 Å². The number of methoxy groups -OCH3 is 1. The molecule has 0 bridgehead atoms. The number of ether oxygens (including phenoxy) is 1. The zero-order valence-electron chi connectivity index (χ0n) is 8.22. The maximum atomic E-state index is 6.17. The molecular formula is C10H7Br2ClN2O. The lowest BCUT2D eigenvalue weighted by molar-refractivity contribution is 0.417. The van der Waals surface area contributed by atoms with E-state index in [0.29, 0.717) is 21.8 Å². The lowest BCUT2D eigenvalue weighted by atomic mass is 10.2. The maximum absolute atomic E-state index is 6.17. The first kappa shape index (κ1) is 12.0. The molecule has 3 nitrogen and oxygen atoms in total. The number of anilines is 1. The highest BCUT2D eigenvalue weighted by Gasteiger charge is 2.15. The Balaban J connectivity index is 3.01. The number of nitrogen functional groups attached to an aromatic ring is 1. The van der Waals surface area contributed by atoms with Crippen molar-refractivity contribution in [1.82, 2.24) is 4.98 Å². The Morgan fingerprint density at radius 3 is 2.69 bits per heavy atom. The highest BCUT2D eigenvalue weighted by Crippen LogP contribution is 2.42. The highest BCUT2D eigenvalue weighted by atomic mass is 79.9. The Kier molecular flexibility index (Phi) is 3.28. The molecule has 2 aromatic rings. The smallest absolute Gasteiger partial charge is 0.144 e.